The second kappa shape index (κ2) is 4.38. The summed E-state index contributed by atoms with van der Waals surface area (Å²) in [5.74, 6) is -0.126. The smallest absolute Gasteiger partial charge is 0.129 e. The first kappa shape index (κ1) is 10.2. The maximum Gasteiger partial charge on any atom is 0.129 e. The molecule has 1 atom stereocenters. The van der Waals surface area contributed by atoms with Crippen LogP contribution in [-0.4, -0.2) is 11.3 Å². The Hall–Kier alpha value is -0.890. The fourth-order valence-corrected chi connectivity index (χ4v) is 1.41. The molecule has 1 aromatic rings. The van der Waals surface area contributed by atoms with Gasteiger partial charge in [-0.25, -0.2) is 0 Å². The van der Waals surface area contributed by atoms with Crippen LogP contribution in [0.25, 0.3) is 0 Å². The maximum atomic E-state index is 10.7. The minimum absolute atomic E-state index is 0.126. The third-order valence-corrected chi connectivity index (χ3v) is 2.54. The third-order valence-electron chi connectivity index (χ3n) is 2.13. The van der Waals surface area contributed by atoms with Gasteiger partial charge in [0.1, 0.15) is 6.29 Å². The Morgan fingerprint density at radius 2 is 2.38 bits per heavy atom. The summed E-state index contributed by atoms with van der Waals surface area (Å²) in [6, 6.07) is 1.73. The number of carbonyl (C=O) groups is 1. The molecule has 1 rings (SSSR count). The average molecular weight is 198 g/mol. The highest BCUT2D eigenvalue weighted by atomic mass is 35.5. The number of hydrogen-bond acceptors (Lipinski definition) is 2. The molecule has 3 heteroatoms. The van der Waals surface area contributed by atoms with E-state index in [-0.39, 0.29) is 5.92 Å². The molecule has 13 heavy (non-hydrogen) atoms. The van der Waals surface area contributed by atoms with Gasteiger partial charge in [-0.1, -0.05) is 18.5 Å². The number of aromatic nitrogens is 1. The van der Waals surface area contributed by atoms with Crippen molar-refractivity contribution in [2.24, 2.45) is 0 Å². The van der Waals surface area contributed by atoms with Gasteiger partial charge in [0, 0.05) is 11.2 Å². The van der Waals surface area contributed by atoms with Crippen LogP contribution in [0, 0.1) is 6.92 Å². The summed E-state index contributed by atoms with van der Waals surface area (Å²) in [6.45, 7) is 3.85. The van der Waals surface area contributed by atoms with Crippen molar-refractivity contribution in [1.29, 1.82) is 0 Å². The highest BCUT2D eigenvalue weighted by Crippen LogP contribution is 2.23. The van der Waals surface area contributed by atoms with Gasteiger partial charge in [-0.3, -0.25) is 4.98 Å². The average Bonchev–Trinajstić information content (AvgIpc) is 2.14. The molecule has 0 saturated heterocycles. The highest BCUT2D eigenvalue weighted by molar-refractivity contribution is 6.31. The van der Waals surface area contributed by atoms with E-state index < -0.39 is 0 Å². The van der Waals surface area contributed by atoms with Crippen LogP contribution in [-0.2, 0) is 4.79 Å². The lowest BCUT2D eigenvalue weighted by Crippen LogP contribution is -2.04. The van der Waals surface area contributed by atoms with Gasteiger partial charge in [-0.2, -0.15) is 0 Å². The standard InChI is InChI=1S/C10H12ClNO/c1-3-8(6-13)10-7(2)9(11)4-5-12-10/h4-6,8H,3H2,1-2H3. The van der Waals surface area contributed by atoms with Crippen molar-refractivity contribution in [3.05, 3.63) is 28.5 Å². The van der Waals surface area contributed by atoms with Crippen LogP contribution in [0.5, 0.6) is 0 Å². The van der Waals surface area contributed by atoms with Gasteiger partial charge in [-0.05, 0) is 25.0 Å². The molecule has 0 spiro atoms. The van der Waals surface area contributed by atoms with E-state index in [1.807, 2.05) is 13.8 Å². The monoisotopic (exact) mass is 197 g/mol. The summed E-state index contributed by atoms with van der Waals surface area (Å²) < 4.78 is 0. The van der Waals surface area contributed by atoms with Crippen molar-refractivity contribution in [3.63, 3.8) is 0 Å². The Bertz CT molecular complexity index is 312. The predicted molar refractivity (Wildman–Crippen MR) is 53.1 cm³/mol. The third kappa shape index (κ3) is 2.07. The lowest BCUT2D eigenvalue weighted by atomic mass is 10.00. The largest absolute Gasteiger partial charge is 0.303 e. The maximum absolute atomic E-state index is 10.7. The van der Waals surface area contributed by atoms with Gasteiger partial charge in [-0.15, -0.1) is 0 Å². The SMILES string of the molecule is CCC(C=O)c1nccc(Cl)c1C. The van der Waals surface area contributed by atoms with E-state index in [1.165, 1.54) is 0 Å². The molecule has 0 radical (unpaired) electrons. The second-order valence-electron chi connectivity index (χ2n) is 2.95. The zero-order chi connectivity index (χ0) is 9.84. The van der Waals surface area contributed by atoms with Crippen molar-refractivity contribution in [2.75, 3.05) is 0 Å². The molecule has 0 aliphatic rings. The molecular weight excluding hydrogens is 186 g/mol. The number of rotatable bonds is 3. The second-order valence-corrected chi connectivity index (χ2v) is 3.36. The molecule has 1 heterocycles. The summed E-state index contributed by atoms with van der Waals surface area (Å²) >= 11 is 5.92. The predicted octanol–water partition coefficient (Wildman–Crippen LogP) is 2.74. The molecule has 0 aliphatic heterocycles. The Kier molecular flexibility index (Phi) is 3.43. The lowest BCUT2D eigenvalue weighted by Gasteiger charge is -2.10. The summed E-state index contributed by atoms with van der Waals surface area (Å²) in [5, 5.41) is 0.672. The van der Waals surface area contributed by atoms with Crippen molar-refractivity contribution in [1.82, 2.24) is 4.98 Å². The summed E-state index contributed by atoms with van der Waals surface area (Å²) in [6.07, 6.45) is 3.32. The molecule has 0 fully saturated rings. The molecule has 2 nitrogen and oxygen atoms in total. The molecule has 0 amide bonds. The molecule has 1 aromatic heterocycles. The number of halogens is 1. The van der Waals surface area contributed by atoms with Gasteiger partial charge in [0.15, 0.2) is 0 Å². The highest BCUT2D eigenvalue weighted by Gasteiger charge is 2.13. The van der Waals surface area contributed by atoms with Gasteiger partial charge in [0.25, 0.3) is 0 Å². The van der Waals surface area contributed by atoms with E-state index >= 15 is 0 Å². The number of pyridine rings is 1. The molecular formula is C10H12ClNO. The number of hydrogen-bond donors (Lipinski definition) is 0. The molecule has 0 N–H and O–H groups in total. The Morgan fingerprint density at radius 3 is 2.92 bits per heavy atom. The van der Waals surface area contributed by atoms with Crippen molar-refractivity contribution in [3.8, 4) is 0 Å². The first-order chi connectivity index (χ1) is 6.20. The molecule has 0 aromatic carbocycles. The van der Waals surface area contributed by atoms with Gasteiger partial charge < -0.3 is 4.79 Å². The summed E-state index contributed by atoms with van der Waals surface area (Å²) in [5.41, 5.74) is 1.70. The quantitative estimate of drug-likeness (QED) is 0.698. The molecule has 0 aliphatic carbocycles. The van der Waals surface area contributed by atoms with Crippen LogP contribution in [0.2, 0.25) is 5.02 Å². The van der Waals surface area contributed by atoms with Gasteiger partial charge in [0.05, 0.1) is 11.6 Å². The Morgan fingerprint density at radius 1 is 1.69 bits per heavy atom. The Labute approximate surface area is 82.9 Å². The first-order valence-corrected chi connectivity index (χ1v) is 4.64. The van der Waals surface area contributed by atoms with Gasteiger partial charge in [0.2, 0.25) is 0 Å². The van der Waals surface area contributed by atoms with E-state index in [2.05, 4.69) is 4.98 Å². The first-order valence-electron chi connectivity index (χ1n) is 4.27. The Balaban J connectivity index is 3.13. The normalized spacial score (nSPS) is 12.5. The van der Waals surface area contributed by atoms with Crippen LogP contribution in [0.3, 0.4) is 0 Å². The molecule has 1 unspecified atom stereocenters. The van der Waals surface area contributed by atoms with Crippen LogP contribution in [0.15, 0.2) is 12.3 Å². The van der Waals surface area contributed by atoms with E-state index in [1.54, 1.807) is 12.3 Å². The molecule has 0 bridgehead atoms. The van der Waals surface area contributed by atoms with E-state index in [4.69, 9.17) is 11.6 Å². The van der Waals surface area contributed by atoms with E-state index in [9.17, 15) is 4.79 Å². The minimum Gasteiger partial charge on any atom is -0.303 e. The topological polar surface area (TPSA) is 30.0 Å². The molecule has 0 saturated carbocycles. The zero-order valence-electron chi connectivity index (χ0n) is 7.75. The fraction of sp³-hybridized carbons (Fsp3) is 0.400. The number of aldehydes is 1. The number of nitrogens with zero attached hydrogens (tertiary/aromatic N) is 1. The fourth-order valence-electron chi connectivity index (χ4n) is 1.26. The summed E-state index contributed by atoms with van der Waals surface area (Å²) in [7, 11) is 0. The zero-order valence-corrected chi connectivity index (χ0v) is 8.51. The number of carbonyl (C=O) groups excluding carboxylic acids is 1. The van der Waals surface area contributed by atoms with Crippen LogP contribution < -0.4 is 0 Å². The van der Waals surface area contributed by atoms with Gasteiger partial charge >= 0.3 is 0 Å². The van der Waals surface area contributed by atoms with Crippen molar-refractivity contribution >= 4 is 17.9 Å². The van der Waals surface area contributed by atoms with E-state index in [0.29, 0.717) is 5.02 Å². The van der Waals surface area contributed by atoms with Crippen LogP contribution in [0.1, 0.15) is 30.5 Å². The van der Waals surface area contributed by atoms with Crippen LogP contribution >= 0.6 is 11.6 Å². The van der Waals surface area contributed by atoms with Crippen molar-refractivity contribution in [2.45, 2.75) is 26.2 Å². The van der Waals surface area contributed by atoms with Crippen molar-refractivity contribution < 1.29 is 4.79 Å². The summed E-state index contributed by atoms with van der Waals surface area (Å²) in [4.78, 5) is 14.9. The van der Waals surface area contributed by atoms with Crippen LogP contribution in [0.4, 0.5) is 0 Å². The minimum atomic E-state index is -0.126. The van der Waals surface area contributed by atoms with E-state index in [0.717, 1.165) is 24.0 Å². The lowest BCUT2D eigenvalue weighted by molar-refractivity contribution is -0.109. The molecule has 70 valence electrons.